The van der Waals surface area contributed by atoms with Gasteiger partial charge in [0.2, 0.25) is 0 Å². The maximum absolute atomic E-state index is 9.21. The molecule has 26 heavy (non-hydrogen) atoms. The second-order valence-electron chi connectivity index (χ2n) is 6.31. The molecule has 0 saturated heterocycles. The molecule has 2 rings (SSSR count). The van der Waals surface area contributed by atoms with Gasteiger partial charge in [-0.25, -0.2) is 0 Å². The van der Waals surface area contributed by atoms with E-state index in [4.69, 9.17) is 0 Å². The topological polar surface area (TPSA) is 61.6 Å². The van der Waals surface area contributed by atoms with Crippen LogP contribution in [0.1, 0.15) is 49.6 Å². The van der Waals surface area contributed by atoms with E-state index in [-0.39, 0.29) is 0 Å². The van der Waals surface area contributed by atoms with Crippen LogP contribution in [-0.2, 0) is 6.54 Å². The van der Waals surface area contributed by atoms with Gasteiger partial charge in [0.15, 0.2) is 5.82 Å². The van der Waals surface area contributed by atoms with E-state index in [1.165, 1.54) is 5.57 Å². The van der Waals surface area contributed by atoms with Gasteiger partial charge in [0.1, 0.15) is 0 Å². The first-order valence-electron chi connectivity index (χ1n) is 8.92. The highest BCUT2D eigenvalue weighted by Gasteiger charge is 2.06. The first-order chi connectivity index (χ1) is 12.5. The number of rotatable bonds is 5. The molecule has 0 spiro atoms. The lowest BCUT2D eigenvalue weighted by Gasteiger charge is -2.11. The van der Waals surface area contributed by atoms with E-state index in [2.05, 4.69) is 53.7 Å². The third-order valence-electron chi connectivity index (χ3n) is 4.43. The Labute approximate surface area is 155 Å². The fraction of sp³-hybridized carbons (Fsp3) is 0.318. The van der Waals surface area contributed by atoms with Gasteiger partial charge in [-0.2, -0.15) is 10.4 Å². The van der Waals surface area contributed by atoms with E-state index in [0.29, 0.717) is 12.1 Å². The average molecular weight is 346 g/mol. The van der Waals surface area contributed by atoms with Gasteiger partial charge in [-0.05, 0) is 57.4 Å². The number of nitrogens with one attached hydrogen (secondary N) is 1. The zero-order chi connectivity index (χ0) is 19.1. The number of aryl methyl sites for hydroxylation is 1. The summed E-state index contributed by atoms with van der Waals surface area (Å²) in [5.74, 6) is 0.759. The fourth-order valence-corrected chi connectivity index (χ4v) is 2.98. The molecule has 1 heterocycles. The van der Waals surface area contributed by atoms with Crippen LogP contribution in [0.5, 0.6) is 0 Å². The van der Waals surface area contributed by atoms with Crippen molar-refractivity contribution in [1.29, 1.82) is 5.26 Å². The number of benzene rings is 1. The predicted molar refractivity (Wildman–Crippen MR) is 108 cm³/mol. The lowest BCUT2D eigenvalue weighted by molar-refractivity contribution is 0.938. The second-order valence-corrected chi connectivity index (χ2v) is 6.31. The van der Waals surface area contributed by atoms with Crippen molar-refractivity contribution < 1.29 is 0 Å². The van der Waals surface area contributed by atoms with Crippen LogP contribution in [-0.4, -0.2) is 10.2 Å². The summed E-state index contributed by atoms with van der Waals surface area (Å²) >= 11 is 0. The number of anilines is 1. The molecule has 0 aliphatic heterocycles. The summed E-state index contributed by atoms with van der Waals surface area (Å²) in [5, 5.41) is 23.4. The number of nitrogens with zero attached hydrogens (tertiary/aromatic N) is 3. The van der Waals surface area contributed by atoms with Crippen molar-refractivity contribution in [1.82, 2.24) is 10.2 Å². The summed E-state index contributed by atoms with van der Waals surface area (Å²) < 4.78 is 0. The molecular formula is C22H26N4. The largest absolute Gasteiger partial charge is 0.364 e. The normalized spacial score (nSPS) is 13.0. The van der Waals surface area contributed by atoms with Gasteiger partial charge in [-0.3, -0.25) is 0 Å². The SMILES string of the molecule is C/C=c1/c(C)nnc(NCc2cccc(C#N)c2C)/c1=C/C(C)=C/CC. The molecule has 134 valence electrons. The van der Waals surface area contributed by atoms with Crippen molar-refractivity contribution in [3.63, 3.8) is 0 Å². The van der Waals surface area contributed by atoms with E-state index in [1.54, 1.807) is 0 Å². The molecule has 0 atom stereocenters. The molecule has 1 aromatic heterocycles. The number of nitriles is 1. The molecular weight excluding hydrogens is 320 g/mol. The second kappa shape index (κ2) is 8.96. The molecule has 0 saturated carbocycles. The van der Waals surface area contributed by atoms with Gasteiger partial charge < -0.3 is 5.32 Å². The first kappa shape index (κ1) is 19.4. The molecule has 4 nitrogen and oxygen atoms in total. The zero-order valence-electron chi connectivity index (χ0n) is 16.2. The lowest BCUT2D eigenvalue weighted by atomic mass is 10.0. The van der Waals surface area contributed by atoms with Crippen LogP contribution in [0.3, 0.4) is 0 Å². The number of aromatic nitrogens is 2. The summed E-state index contributed by atoms with van der Waals surface area (Å²) in [6.45, 7) is 10.8. The Hall–Kier alpha value is -2.93. The minimum absolute atomic E-state index is 0.597. The van der Waals surface area contributed by atoms with Crippen LogP contribution in [0, 0.1) is 25.2 Å². The summed E-state index contributed by atoms with van der Waals surface area (Å²) in [6, 6.07) is 8.02. The van der Waals surface area contributed by atoms with Crippen molar-refractivity contribution >= 4 is 18.0 Å². The van der Waals surface area contributed by atoms with Crippen LogP contribution < -0.4 is 15.8 Å². The predicted octanol–water partition coefficient (Wildman–Crippen LogP) is 3.51. The van der Waals surface area contributed by atoms with Crippen molar-refractivity contribution in [2.24, 2.45) is 0 Å². The standard InChI is InChI=1S/C22H26N4/c1-6-9-15(3)12-21-20(7-2)17(5)25-26-22(21)24-14-19-11-8-10-18(13-23)16(19)4/h7-12H,6,14H2,1-5H3,(H,24,26)/b15-9+,20-7-,21-12+. The van der Waals surface area contributed by atoms with E-state index in [1.807, 2.05) is 39.0 Å². The van der Waals surface area contributed by atoms with Crippen molar-refractivity contribution in [3.05, 3.63) is 62.7 Å². The van der Waals surface area contributed by atoms with Crippen LogP contribution in [0.25, 0.3) is 12.2 Å². The van der Waals surface area contributed by atoms with E-state index in [9.17, 15) is 5.26 Å². The molecule has 0 amide bonds. The van der Waals surface area contributed by atoms with Gasteiger partial charge >= 0.3 is 0 Å². The minimum Gasteiger partial charge on any atom is -0.364 e. The van der Waals surface area contributed by atoms with E-state index < -0.39 is 0 Å². The summed E-state index contributed by atoms with van der Waals surface area (Å²) in [7, 11) is 0. The first-order valence-corrected chi connectivity index (χ1v) is 8.92. The molecule has 0 unspecified atom stereocenters. The van der Waals surface area contributed by atoms with Gasteiger partial charge in [0, 0.05) is 17.0 Å². The van der Waals surface area contributed by atoms with Gasteiger partial charge in [-0.15, -0.1) is 5.10 Å². The number of hydrogen-bond acceptors (Lipinski definition) is 4. The highest BCUT2D eigenvalue weighted by molar-refractivity contribution is 5.54. The third kappa shape index (κ3) is 4.37. The molecule has 0 aliphatic carbocycles. The van der Waals surface area contributed by atoms with Crippen molar-refractivity contribution in [2.45, 2.75) is 47.6 Å². The van der Waals surface area contributed by atoms with Gasteiger partial charge in [0.05, 0.1) is 17.3 Å². The summed E-state index contributed by atoms with van der Waals surface area (Å²) in [4.78, 5) is 0. The van der Waals surface area contributed by atoms with Crippen LogP contribution in [0.4, 0.5) is 5.82 Å². The Bertz CT molecular complexity index is 978. The minimum atomic E-state index is 0.597. The molecule has 0 aliphatic rings. The molecule has 4 heteroatoms. The molecule has 1 aromatic carbocycles. The third-order valence-corrected chi connectivity index (χ3v) is 4.43. The lowest BCUT2D eigenvalue weighted by Crippen LogP contribution is -2.33. The number of allylic oxidation sites excluding steroid dienone is 2. The maximum atomic E-state index is 9.21. The Morgan fingerprint density at radius 2 is 2.00 bits per heavy atom. The summed E-state index contributed by atoms with van der Waals surface area (Å²) in [5.41, 5.74) is 4.90. The fourth-order valence-electron chi connectivity index (χ4n) is 2.98. The molecule has 0 fully saturated rings. The molecule has 0 radical (unpaired) electrons. The molecule has 2 aromatic rings. The van der Waals surface area contributed by atoms with Crippen molar-refractivity contribution in [2.75, 3.05) is 5.32 Å². The smallest absolute Gasteiger partial charge is 0.156 e. The zero-order valence-corrected chi connectivity index (χ0v) is 16.2. The quantitative estimate of drug-likeness (QED) is 0.900. The molecule has 0 bridgehead atoms. The highest BCUT2D eigenvalue weighted by atomic mass is 15.2. The Kier molecular flexibility index (Phi) is 6.68. The average Bonchev–Trinajstić information content (AvgIpc) is 2.62. The Morgan fingerprint density at radius 1 is 1.23 bits per heavy atom. The van der Waals surface area contributed by atoms with Gasteiger partial charge in [-0.1, -0.05) is 36.8 Å². The van der Waals surface area contributed by atoms with Crippen molar-refractivity contribution in [3.8, 4) is 6.07 Å². The van der Waals surface area contributed by atoms with Gasteiger partial charge in [0.25, 0.3) is 0 Å². The molecule has 1 N–H and O–H groups in total. The summed E-state index contributed by atoms with van der Waals surface area (Å²) in [6.07, 6.45) is 7.41. The van der Waals surface area contributed by atoms with Crippen LogP contribution in [0.2, 0.25) is 0 Å². The number of hydrogen-bond donors (Lipinski definition) is 1. The van der Waals surface area contributed by atoms with E-state index >= 15 is 0 Å². The monoisotopic (exact) mass is 346 g/mol. The Balaban J connectivity index is 2.48. The highest BCUT2D eigenvalue weighted by Crippen LogP contribution is 2.13. The van der Waals surface area contributed by atoms with E-state index in [0.717, 1.165) is 39.5 Å². The van der Waals surface area contributed by atoms with Crippen LogP contribution in [0.15, 0.2) is 29.8 Å². The Morgan fingerprint density at radius 3 is 2.65 bits per heavy atom. The van der Waals surface area contributed by atoms with Crippen LogP contribution >= 0.6 is 0 Å². The maximum Gasteiger partial charge on any atom is 0.156 e.